The van der Waals surface area contributed by atoms with Crippen molar-refractivity contribution in [3.63, 3.8) is 0 Å². The largest absolute Gasteiger partial charge is 0.360 e. The second-order valence-corrected chi connectivity index (χ2v) is 4.71. The quantitative estimate of drug-likeness (QED) is 0.531. The summed E-state index contributed by atoms with van der Waals surface area (Å²) in [6.45, 7) is 3.94. The van der Waals surface area contributed by atoms with E-state index in [0.29, 0.717) is 6.54 Å². The lowest BCUT2D eigenvalue weighted by atomic mass is 10.1. The summed E-state index contributed by atoms with van der Waals surface area (Å²) in [6.07, 6.45) is 0. The molecule has 0 saturated carbocycles. The Kier molecular flexibility index (Phi) is 4.14. The van der Waals surface area contributed by atoms with Crippen LogP contribution in [0.2, 0.25) is 5.28 Å². The summed E-state index contributed by atoms with van der Waals surface area (Å²) in [5, 5.41) is 14.0. The predicted molar refractivity (Wildman–Crippen MR) is 76.9 cm³/mol. The van der Waals surface area contributed by atoms with Crippen molar-refractivity contribution in [2.45, 2.75) is 20.4 Å². The minimum atomic E-state index is -0.510. The number of rotatable bonds is 4. The summed E-state index contributed by atoms with van der Waals surface area (Å²) in [5.41, 5.74) is 2.21. The summed E-state index contributed by atoms with van der Waals surface area (Å²) in [6, 6.07) is 7.84. The molecule has 0 aliphatic rings. The van der Waals surface area contributed by atoms with Crippen LogP contribution in [0.4, 0.5) is 11.5 Å². The van der Waals surface area contributed by atoms with Crippen molar-refractivity contribution in [2.24, 2.45) is 0 Å². The van der Waals surface area contributed by atoms with E-state index in [0.717, 1.165) is 11.1 Å². The van der Waals surface area contributed by atoms with Crippen molar-refractivity contribution < 1.29 is 4.92 Å². The number of aryl methyl sites for hydroxylation is 2. The summed E-state index contributed by atoms with van der Waals surface area (Å²) in [4.78, 5) is 18.2. The van der Waals surface area contributed by atoms with Crippen molar-refractivity contribution in [3.8, 4) is 0 Å². The highest BCUT2D eigenvalue weighted by molar-refractivity contribution is 6.28. The van der Waals surface area contributed by atoms with Gasteiger partial charge in [-0.1, -0.05) is 29.8 Å². The molecular weight excluding hydrogens is 280 g/mol. The van der Waals surface area contributed by atoms with Gasteiger partial charge < -0.3 is 5.32 Å². The van der Waals surface area contributed by atoms with Crippen LogP contribution < -0.4 is 5.32 Å². The van der Waals surface area contributed by atoms with E-state index in [1.54, 1.807) is 0 Å². The van der Waals surface area contributed by atoms with E-state index in [2.05, 4.69) is 15.3 Å². The molecule has 1 N–H and O–H groups in total. The van der Waals surface area contributed by atoms with Crippen molar-refractivity contribution in [1.29, 1.82) is 0 Å². The Hall–Kier alpha value is -2.21. The molecule has 7 heteroatoms. The third-order valence-corrected chi connectivity index (χ3v) is 2.93. The van der Waals surface area contributed by atoms with Gasteiger partial charge in [0.1, 0.15) is 5.69 Å². The van der Waals surface area contributed by atoms with Crippen LogP contribution in [0.15, 0.2) is 24.3 Å². The lowest BCUT2D eigenvalue weighted by Gasteiger charge is -2.08. The second kappa shape index (κ2) is 5.83. The molecule has 0 radical (unpaired) electrons. The topological polar surface area (TPSA) is 81.0 Å². The van der Waals surface area contributed by atoms with Crippen molar-refractivity contribution in [1.82, 2.24) is 9.97 Å². The average molecular weight is 293 g/mol. The van der Waals surface area contributed by atoms with E-state index in [1.165, 1.54) is 6.92 Å². The molecule has 0 aliphatic heterocycles. The van der Waals surface area contributed by atoms with Gasteiger partial charge in [0, 0.05) is 6.54 Å². The van der Waals surface area contributed by atoms with E-state index in [4.69, 9.17) is 11.6 Å². The highest BCUT2D eigenvalue weighted by atomic mass is 35.5. The van der Waals surface area contributed by atoms with E-state index in [-0.39, 0.29) is 22.5 Å². The lowest BCUT2D eigenvalue weighted by molar-refractivity contribution is -0.385. The van der Waals surface area contributed by atoms with Crippen LogP contribution in [0.5, 0.6) is 0 Å². The predicted octanol–water partition coefficient (Wildman–Crippen LogP) is 3.27. The van der Waals surface area contributed by atoms with E-state index >= 15 is 0 Å². The summed E-state index contributed by atoms with van der Waals surface area (Å²) >= 11 is 5.75. The Labute approximate surface area is 121 Å². The number of benzene rings is 1. The zero-order valence-corrected chi connectivity index (χ0v) is 11.8. The van der Waals surface area contributed by atoms with Gasteiger partial charge in [0.15, 0.2) is 0 Å². The Balaban J connectivity index is 2.27. The first kappa shape index (κ1) is 14.2. The molecule has 0 atom stereocenters. The minimum Gasteiger partial charge on any atom is -0.360 e. The number of hydrogen-bond acceptors (Lipinski definition) is 5. The minimum absolute atomic E-state index is 0.0140. The van der Waals surface area contributed by atoms with Crippen LogP contribution >= 0.6 is 11.6 Å². The van der Waals surface area contributed by atoms with Crippen molar-refractivity contribution in [3.05, 3.63) is 56.5 Å². The highest BCUT2D eigenvalue weighted by Gasteiger charge is 2.21. The van der Waals surface area contributed by atoms with Crippen LogP contribution in [0.3, 0.4) is 0 Å². The Bertz CT molecular complexity index is 661. The molecule has 1 aromatic heterocycles. The maximum atomic E-state index is 11.1. The van der Waals surface area contributed by atoms with E-state index in [9.17, 15) is 10.1 Å². The van der Waals surface area contributed by atoms with Gasteiger partial charge in [-0.3, -0.25) is 10.1 Å². The van der Waals surface area contributed by atoms with Gasteiger partial charge in [-0.25, -0.2) is 4.98 Å². The summed E-state index contributed by atoms with van der Waals surface area (Å²) in [7, 11) is 0. The zero-order valence-electron chi connectivity index (χ0n) is 11.1. The standard InChI is InChI=1S/C13H13ClN4O2/c1-8-4-3-5-10(6-8)7-15-12-11(18(19)20)9(2)16-13(14)17-12/h3-6H,7H2,1-2H3,(H,15,16,17). The molecule has 2 aromatic rings. The van der Waals surface area contributed by atoms with Gasteiger partial charge in [-0.15, -0.1) is 0 Å². The van der Waals surface area contributed by atoms with Gasteiger partial charge in [0.25, 0.3) is 0 Å². The second-order valence-electron chi connectivity index (χ2n) is 4.37. The van der Waals surface area contributed by atoms with Gasteiger partial charge >= 0.3 is 5.69 Å². The van der Waals surface area contributed by atoms with Crippen molar-refractivity contribution >= 4 is 23.1 Å². The summed E-state index contributed by atoms with van der Waals surface area (Å²) < 4.78 is 0. The van der Waals surface area contributed by atoms with E-state index in [1.807, 2.05) is 31.2 Å². The van der Waals surface area contributed by atoms with Crippen molar-refractivity contribution in [2.75, 3.05) is 5.32 Å². The number of nitrogens with one attached hydrogen (secondary N) is 1. The third-order valence-electron chi connectivity index (χ3n) is 2.76. The first-order chi connectivity index (χ1) is 9.47. The number of anilines is 1. The Morgan fingerprint density at radius 3 is 2.75 bits per heavy atom. The maximum Gasteiger partial charge on any atom is 0.332 e. The fraction of sp³-hybridized carbons (Fsp3) is 0.231. The van der Waals surface area contributed by atoms with Crippen LogP contribution in [-0.4, -0.2) is 14.9 Å². The molecule has 0 spiro atoms. The number of hydrogen-bond donors (Lipinski definition) is 1. The molecule has 2 rings (SSSR count). The van der Waals surface area contributed by atoms with Gasteiger partial charge in [-0.2, -0.15) is 4.98 Å². The molecule has 0 bridgehead atoms. The maximum absolute atomic E-state index is 11.1. The molecule has 0 saturated heterocycles. The Morgan fingerprint density at radius 2 is 2.10 bits per heavy atom. The number of nitro groups is 1. The molecule has 6 nitrogen and oxygen atoms in total. The fourth-order valence-corrected chi connectivity index (χ4v) is 2.09. The van der Waals surface area contributed by atoms with Crippen LogP contribution in [0.25, 0.3) is 0 Å². The lowest BCUT2D eigenvalue weighted by Crippen LogP contribution is -2.07. The highest BCUT2D eigenvalue weighted by Crippen LogP contribution is 2.26. The zero-order chi connectivity index (χ0) is 14.7. The molecule has 1 heterocycles. The van der Waals surface area contributed by atoms with Crippen LogP contribution in [-0.2, 0) is 6.54 Å². The number of aromatic nitrogens is 2. The first-order valence-electron chi connectivity index (χ1n) is 5.95. The molecule has 0 unspecified atom stereocenters. The van der Waals surface area contributed by atoms with Crippen LogP contribution in [0, 0.1) is 24.0 Å². The summed E-state index contributed by atoms with van der Waals surface area (Å²) in [5.74, 6) is 0.133. The van der Waals surface area contributed by atoms with Gasteiger partial charge in [-0.05, 0) is 31.0 Å². The smallest absolute Gasteiger partial charge is 0.332 e. The Morgan fingerprint density at radius 1 is 1.35 bits per heavy atom. The molecule has 0 amide bonds. The van der Waals surface area contributed by atoms with Crippen LogP contribution in [0.1, 0.15) is 16.8 Å². The number of nitrogens with zero attached hydrogens (tertiary/aromatic N) is 3. The fourth-order valence-electron chi connectivity index (χ4n) is 1.88. The SMILES string of the molecule is Cc1cccc(CNc2nc(Cl)nc(C)c2[N+](=O)[O-])c1. The molecule has 1 aromatic carbocycles. The normalized spacial score (nSPS) is 10.3. The molecule has 0 fully saturated rings. The first-order valence-corrected chi connectivity index (χ1v) is 6.33. The van der Waals surface area contributed by atoms with E-state index < -0.39 is 4.92 Å². The average Bonchev–Trinajstić information content (AvgIpc) is 2.35. The monoisotopic (exact) mass is 292 g/mol. The number of halogens is 1. The van der Waals surface area contributed by atoms with Gasteiger partial charge in [0.05, 0.1) is 4.92 Å². The van der Waals surface area contributed by atoms with Gasteiger partial charge in [0.2, 0.25) is 11.1 Å². The molecule has 20 heavy (non-hydrogen) atoms. The third kappa shape index (κ3) is 3.21. The molecule has 104 valence electrons. The molecule has 0 aliphatic carbocycles. The molecular formula is C13H13ClN4O2.